The first kappa shape index (κ1) is 18.4. The van der Waals surface area contributed by atoms with Crippen molar-refractivity contribution in [1.82, 2.24) is 24.4 Å². The van der Waals surface area contributed by atoms with E-state index in [1.807, 2.05) is 18.4 Å². The number of nitrogen functional groups attached to an aromatic ring is 1. The van der Waals surface area contributed by atoms with Crippen molar-refractivity contribution >= 4 is 39.6 Å². The van der Waals surface area contributed by atoms with E-state index in [0.29, 0.717) is 11.5 Å². The van der Waals surface area contributed by atoms with Crippen LogP contribution in [0.1, 0.15) is 24.0 Å². The van der Waals surface area contributed by atoms with Crippen molar-refractivity contribution in [2.75, 3.05) is 25.1 Å². The van der Waals surface area contributed by atoms with Crippen LogP contribution in [0.25, 0.3) is 22.1 Å². The molecule has 0 aliphatic carbocycles. The highest BCUT2D eigenvalue weighted by molar-refractivity contribution is 7.98. The lowest BCUT2D eigenvalue weighted by atomic mass is 10.1. The van der Waals surface area contributed by atoms with Crippen molar-refractivity contribution < 1.29 is 0 Å². The maximum Gasteiger partial charge on any atom is 0.169 e. The minimum absolute atomic E-state index is 0.432. The lowest BCUT2D eigenvalue weighted by Crippen LogP contribution is -2.18. The maximum absolute atomic E-state index is 6.21. The number of hydrogen-bond acceptors (Lipinski definition) is 6. The molecule has 148 valence electrons. The van der Waals surface area contributed by atoms with Crippen molar-refractivity contribution in [2.24, 2.45) is 0 Å². The minimum Gasteiger partial charge on any atom is -0.382 e. The molecule has 6 nitrogen and oxygen atoms in total. The van der Waals surface area contributed by atoms with Crippen LogP contribution in [-0.4, -0.2) is 43.8 Å². The molecule has 1 aliphatic heterocycles. The summed E-state index contributed by atoms with van der Waals surface area (Å²) in [5.74, 6) is 0.432. The highest BCUT2D eigenvalue weighted by atomic mass is 32.2. The number of thioether (sulfide) groups is 1. The van der Waals surface area contributed by atoms with E-state index in [9.17, 15) is 0 Å². The molecule has 0 atom stereocenters. The third-order valence-corrected chi connectivity index (χ3v) is 6.27. The fourth-order valence-electron chi connectivity index (χ4n) is 4.16. The zero-order chi connectivity index (χ0) is 19.8. The van der Waals surface area contributed by atoms with Gasteiger partial charge in [0, 0.05) is 18.1 Å². The van der Waals surface area contributed by atoms with Crippen LogP contribution < -0.4 is 5.73 Å². The summed E-state index contributed by atoms with van der Waals surface area (Å²) in [4.78, 5) is 16.1. The Labute approximate surface area is 174 Å². The molecule has 0 unspecified atom stereocenters. The second-order valence-corrected chi connectivity index (χ2v) is 8.33. The van der Waals surface area contributed by atoms with E-state index in [4.69, 9.17) is 10.7 Å². The van der Waals surface area contributed by atoms with Gasteiger partial charge in [-0.2, -0.15) is 0 Å². The topological polar surface area (TPSA) is 72.9 Å². The average Bonchev–Trinajstić information content (AvgIpc) is 3.38. The van der Waals surface area contributed by atoms with E-state index in [1.165, 1.54) is 37.1 Å². The van der Waals surface area contributed by atoms with Crippen LogP contribution in [0.4, 0.5) is 5.82 Å². The molecule has 29 heavy (non-hydrogen) atoms. The van der Waals surface area contributed by atoms with Crippen LogP contribution in [0.3, 0.4) is 0 Å². The second kappa shape index (κ2) is 7.65. The van der Waals surface area contributed by atoms with E-state index in [1.54, 1.807) is 18.0 Å². The van der Waals surface area contributed by atoms with E-state index in [-0.39, 0.29) is 0 Å². The van der Waals surface area contributed by atoms with Crippen LogP contribution in [0, 0.1) is 0 Å². The van der Waals surface area contributed by atoms with Crippen LogP contribution >= 0.6 is 11.8 Å². The van der Waals surface area contributed by atoms with Gasteiger partial charge in [0.2, 0.25) is 0 Å². The maximum atomic E-state index is 6.21. The van der Waals surface area contributed by atoms with E-state index >= 15 is 0 Å². The van der Waals surface area contributed by atoms with Gasteiger partial charge >= 0.3 is 0 Å². The molecule has 0 amide bonds. The van der Waals surface area contributed by atoms with Crippen LogP contribution in [0.5, 0.6) is 0 Å². The molecule has 1 aromatic carbocycles. The Balaban J connectivity index is 1.52. The van der Waals surface area contributed by atoms with Gasteiger partial charge in [-0.25, -0.2) is 15.0 Å². The fourth-order valence-corrected chi connectivity index (χ4v) is 4.71. The molecule has 1 saturated heterocycles. The van der Waals surface area contributed by atoms with Crippen molar-refractivity contribution in [2.45, 2.75) is 31.1 Å². The number of hydrogen-bond donors (Lipinski definition) is 1. The lowest BCUT2D eigenvalue weighted by Gasteiger charge is -2.15. The molecule has 0 spiro atoms. The number of fused-ring (bicyclic) bond motifs is 3. The quantitative estimate of drug-likeness (QED) is 0.508. The number of pyridine rings is 2. The summed E-state index contributed by atoms with van der Waals surface area (Å²) in [5.41, 5.74) is 11.2. The molecule has 2 N–H and O–H groups in total. The molecule has 1 aliphatic rings. The molecule has 3 aromatic heterocycles. The van der Waals surface area contributed by atoms with Crippen molar-refractivity contribution in [1.29, 1.82) is 0 Å². The van der Waals surface area contributed by atoms with Crippen molar-refractivity contribution in [3.8, 4) is 0 Å². The van der Waals surface area contributed by atoms with Gasteiger partial charge in [0.15, 0.2) is 16.6 Å². The van der Waals surface area contributed by atoms with Gasteiger partial charge in [-0.15, -0.1) is 0 Å². The Kier molecular flexibility index (Phi) is 4.85. The predicted octanol–water partition coefficient (Wildman–Crippen LogP) is 3.93. The average molecular weight is 405 g/mol. The summed E-state index contributed by atoms with van der Waals surface area (Å²) in [6.07, 6.45) is 6.44. The molecule has 4 heterocycles. The number of nitrogens with two attached hydrogens (primary N) is 1. The van der Waals surface area contributed by atoms with Gasteiger partial charge < -0.3 is 10.3 Å². The number of likely N-dealkylation sites (tertiary alicyclic amines) is 1. The normalized spacial score (nSPS) is 14.9. The van der Waals surface area contributed by atoms with Crippen molar-refractivity contribution in [3.63, 3.8) is 0 Å². The number of anilines is 1. The van der Waals surface area contributed by atoms with Gasteiger partial charge in [0.25, 0.3) is 0 Å². The van der Waals surface area contributed by atoms with Gasteiger partial charge in [-0.3, -0.25) is 4.90 Å². The zero-order valence-electron chi connectivity index (χ0n) is 16.5. The molecule has 1 fully saturated rings. The highest BCUT2D eigenvalue weighted by Gasteiger charge is 2.18. The minimum atomic E-state index is 0.432. The first-order valence-corrected chi connectivity index (χ1v) is 11.2. The lowest BCUT2D eigenvalue weighted by molar-refractivity contribution is 0.331. The van der Waals surface area contributed by atoms with Gasteiger partial charge in [-0.1, -0.05) is 36.0 Å². The predicted molar refractivity (Wildman–Crippen MR) is 119 cm³/mol. The van der Waals surface area contributed by atoms with Crippen LogP contribution in [0.2, 0.25) is 0 Å². The largest absolute Gasteiger partial charge is 0.382 e. The molecule has 5 rings (SSSR count). The summed E-state index contributed by atoms with van der Waals surface area (Å²) < 4.78 is 2.23. The molecule has 4 aromatic rings. The SMILES string of the molecule is CSc1nc2c(N)nc3ncccc3c2n1Cc1ccc(CN2CCCC2)cc1. The van der Waals surface area contributed by atoms with Crippen LogP contribution in [-0.2, 0) is 13.1 Å². The first-order valence-electron chi connectivity index (χ1n) is 9.97. The van der Waals surface area contributed by atoms with E-state index in [0.717, 1.165) is 34.7 Å². The molecular weight excluding hydrogens is 380 g/mol. The Hall–Kier alpha value is -2.64. The summed E-state index contributed by atoms with van der Waals surface area (Å²) >= 11 is 1.62. The number of rotatable bonds is 5. The Morgan fingerprint density at radius 3 is 2.45 bits per heavy atom. The zero-order valence-corrected chi connectivity index (χ0v) is 17.3. The summed E-state index contributed by atoms with van der Waals surface area (Å²) in [7, 11) is 0. The Morgan fingerprint density at radius 1 is 1.00 bits per heavy atom. The van der Waals surface area contributed by atoms with Gasteiger partial charge in [0.1, 0.15) is 5.52 Å². The molecule has 0 bridgehead atoms. The summed E-state index contributed by atoms with van der Waals surface area (Å²) in [6.45, 7) is 4.22. The fraction of sp³-hybridized carbons (Fsp3) is 0.318. The number of imidazole rings is 1. The Bertz CT molecular complexity index is 1160. The highest BCUT2D eigenvalue weighted by Crippen LogP contribution is 2.31. The van der Waals surface area contributed by atoms with Gasteiger partial charge in [-0.05, 0) is 55.4 Å². The number of nitrogens with zero attached hydrogens (tertiary/aromatic N) is 5. The van der Waals surface area contributed by atoms with E-state index < -0.39 is 0 Å². The molecule has 0 saturated carbocycles. The summed E-state index contributed by atoms with van der Waals surface area (Å²) in [5, 5.41) is 1.92. The third-order valence-electron chi connectivity index (χ3n) is 5.59. The summed E-state index contributed by atoms with van der Waals surface area (Å²) in [6, 6.07) is 12.9. The molecule has 0 radical (unpaired) electrons. The van der Waals surface area contributed by atoms with Gasteiger partial charge in [0.05, 0.1) is 12.1 Å². The third kappa shape index (κ3) is 3.45. The number of benzene rings is 1. The van der Waals surface area contributed by atoms with E-state index in [2.05, 4.69) is 43.7 Å². The molecular formula is C22H24N6S. The van der Waals surface area contributed by atoms with Crippen molar-refractivity contribution in [3.05, 3.63) is 53.7 Å². The smallest absolute Gasteiger partial charge is 0.169 e. The number of aromatic nitrogens is 4. The molecule has 7 heteroatoms. The standard InChI is InChI=1S/C22H24N6S/c1-29-22-25-18-19(17-5-4-10-24-21(17)26-20(18)23)28(22)14-16-8-6-15(7-9-16)13-27-11-2-3-12-27/h4-10H,2-3,11-14H2,1H3,(H2,23,24,26). The monoisotopic (exact) mass is 404 g/mol. The first-order chi connectivity index (χ1) is 14.2. The second-order valence-electron chi connectivity index (χ2n) is 7.55. The Morgan fingerprint density at radius 2 is 1.72 bits per heavy atom. The van der Waals surface area contributed by atoms with Crippen LogP contribution in [0.15, 0.2) is 47.8 Å².